The second-order valence-corrected chi connectivity index (χ2v) is 6.24. The highest BCUT2D eigenvalue weighted by atomic mass is 16.6. The van der Waals surface area contributed by atoms with Crippen LogP contribution in [-0.2, 0) is 6.61 Å². The number of hydrogen-bond acceptors (Lipinski definition) is 4. The van der Waals surface area contributed by atoms with Crippen molar-refractivity contribution in [2.75, 3.05) is 0 Å². The molecule has 0 fully saturated rings. The Hall–Kier alpha value is -3.93. The van der Waals surface area contributed by atoms with Crippen molar-refractivity contribution in [3.63, 3.8) is 0 Å². The Morgan fingerprint density at radius 2 is 1.71 bits per heavy atom. The van der Waals surface area contributed by atoms with Gasteiger partial charge in [0, 0.05) is 23.1 Å². The lowest BCUT2D eigenvalue weighted by Crippen LogP contribution is -1.97. The quantitative estimate of drug-likeness (QED) is 0.372. The molecule has 6 nitrogen and oxygen atoms in total. The molecule has 0 aliphatic heterocycles. The van der Waals surface area contributed by atoms with Gasteiger partial charge in [0.05, 0.1) is 16.1 Å². The van der Waals surface area contributed by atoms with Gasteiger partial charge in [0.25, 0.3) is 5.69 Å². The molecule has 0 spiro atoms. The van der Waals surface area contributed by atoms with Gasteiger partial charge >= 0.3 is 0 Å². The third kappa shape index (κ3) is 3.76. The van der Waals surface area contributed by atoms with E-state index >= 15 is 0 Å². The second kappa shape index (κ2) is 7.75. The van der Waals surface area contributed by atoms with E-state index < -0.39 is 4.92 Å². The molecule has 3 aromatic carbocycles. The van der Waals surface area contributed by atoms with E-state index in [1.807, 2.05) is 60.7 Å². The van der Waals surface area contributed by atoms with Gasteiger partial charge in [-0.25, -0.2) is 0 Å². The maximum Gasteiger partial charge on any atom is 0.269 e. The van der Waals surface area contributed by atoms with E-state index in [-0.39, 0.29) is 5.69 Å². The largest absolute Gasteiger partial charge is 0.488 e. The summed E-state index contributed by atoms with van der Waals surface area (Å²) in [4.78, 5) is 10.3. The number of aromatic nitrogens is 2. The summed E-state index contributed by atoms with van der Waals surface area (Å²) in [6.07, 6.45) is 3.92. The Kier molecular flexibility index (Phi) is 4.84. The minimum atomic E-state index is -0.413. The number of nitrogens with zero attached hydrogens (tertiary/aromatic N) is 2. The zero-order valence-electron chi connectivity index (χ0n) is 14.9. The maximum absolute atomic E-state index is 10.7. The molecule has 0 radical (unpaired) electrons. The summed E-state index contributed by atoms with van der Waals surface area (Å²) in [7, 11) is 0. The number of ether oxygens (including phenoxy) is 1. The molecule has 0 atom stereocenters. The SMILES string of the molecule is O=[N+]([O-])c1ccc(COc2ccccc2/C=C/c2n[nH]c3ccccc23)cc1. The number of aromatic amines is 1. The number of rotatable bonds is 6. The minimum absolute atomic E-state index is 0.0679. The Morgan fingerprint density at radius 3 is 2.54 bits per heavy atom. The highest BCUT2D eigenvalue weighted by Crippen LogP contribution is 2.24. The fourth-order valence-electron chi connectivity index (χ4n) is 2.91. The first-order chi connectivity index (χ1) is 13.7. The van der Waals surface area contributed by atoms with Crippen molar-refractivity contribution >= 4 is 28.7 Å². The zero-order chi connectivity index (χ0) is 19.3. The minimum Gasteiger partial charge on any atom is -0.488 e. The van der Waals surface area contributed by atoms with E-state index in [1.54, 1.807) is 12.1 Å². The Morgan fingerprint density at radius 1 is 0.964 bits per heavy atom. The summed E-state index contributed by atoms with van der Waals surface area (Å²) < 4.78 is 5.93. The predicted octanol–water partition coefficient (Wildman–Crippen LogP) is 5.22. The van der Waals surface area contributed by atoms with E-state index in [1.165, 1.54) is 12.1 Å². The van der Waals surface area contributed by atoms with Crippen LogP contribution in [0.2, 0.25) is 0 Å². The van der Waals surface area contributed by atoms with Crippen molar-refractivity contribution in [3.05, 3.63) is 99.7 Å². The molecule has 0 aliphatic carbocycles. The van der Waals surface area contributed by atoms with Crippen LogP contribution in [0.4, 0.5) is 5.69 Å². The Balaban J connectivity index is 1.51. The van der Waals surface area contributed by atoms with Crippen molar-refractivity contribution in [2.45, 2.75) is 6.61 Å². The van der Waals surface area contributed by atoms with Crippen LogP contribution in [-0.4, -0.2) is 15.1 Å². The fourth-order valence-corrected chi connectivity index (χ4v) is 2.91. The molecular formula is C22H17N3O3. The molecule has 1 heterocycles. The second-order valence-electron chi connectivity index (χ2n) is 6.24. The van der Waals surface area contributed by atoms with Crippen LogP contribution < -0.4 is 4.74 Å². The third-order valence-electron chi connectivity index (χ3n) is 4.38. The number of non-ortho nitro benzene ring substituents is 1. The molecule has 1 aromatic heterocycles. The first-order valence-electron chi connectivity index (χ1n) is 8.77. The lowest BCUT2D eigenvalue weighted by atomic mass is 10.1. The van der Waals surface area contributed by atoms with E-state index in [4.69, 9.17) is 4.74 Å². The molecule has 0 saturated heterocycles. The predicted molar refractivity (Wildman–Crippen MR) is 109 cm³/mol. The van der Waals surface area contributed by atoms with Gasteiger partial charge in [0.2, 0.25) is 0 Å². The topological polar surface area (TPSA) is 81.1 Å². The number of H-pyrrole nitrogens is 1. The molecule has 0 saturated carbocycles. The van der Waals surface area contributed by atoms with Crippen LogP contribution in [0.5, 0.6) is 5.75 Å². The van der Waals surface area contributed by atoms with E-state index in [9.17, 15) is 10.1 Å². The maximum atomic E-state index is 10.7. The lowest BCUT2D eigenvalue weighted by molar-refractivity contribution is -0.384. The van der Waals surface area contributed by atoms with Crippen molar-refractivity contribution in [3.8, 4) is 5.75 Å². The van der Waals surface area contributed by atoms with Crippen molar-refractivity contribution in [1.29, 1.82) is 0 Å². The monoisotopic (exact) mass is 371 g/mol. The number of para-hydroxylation sites is 2. The molecule has 6 heteroatoms. The van der Waals surface area contributed by atoms with Gasteiger partial charge in [-0.3, -0.25) is 15.2 Å². The van der Waals surface area contributed by atoms with Crippen LogP contribution in [0.3, 0.4) is 0 Å². The number of nitro benzene ring substituents is 1. The molecular weight excluding hydrogens is 354 g/mol. The van der Waals surface area contributed by atoms with Gasteiger partial charge in [0.1, 0.15) is 12.4 Å². The first-order valence-corrected chi connectivity index (χ1v) is 8.77. The standard InChI is InChI=1S/C22H17N3O3/c26-25(27)18-12-9-16(10-13-18)15-28-22-8-4-1-5-17(22)11-14-21-19-6-2-3-7-20(19)23-24-21/h1-14H,15H2,(H,23,24)/b14-11+. The average molecular weight is 371 g/mol. The lowest BCUT2D eigenvalue weighted by Gasteiger charge is -2.09. The molecule has 0 aliphatic rings. The fraction of sp³-hybridized carbons (Fsp3) is 0.0455. The normalized spacial score (nSPS) is 11.1. The van der Waals surface area contributed by atoms with Gasteiger partial charge in [-0.05, 0) is 42.0 Å². The number of benzene rings is 3. The van der Waals surface area contributed by atoms with Gasteiger partial charge in [0.15, 0.2) is 0 Å². The van der Waals surface area contributed by atoms with E-state index in [0.717, 1.165) is 33.5 Å². The van der Waals surface area contributed by atoms with Gasteiger partial charge < -0.3 is 4.74 Å². The molecule has 1 N–H and O–H groups in total. The molecule has 0 amide bonds. The summed E-state index contributed by atoms with van der Waals surface area (Å²) >= 11 is 0. The zero-order valence-corrected chi connectivity index (χ0v) is 14.9. The van der Waals surface area contributed by atoms with Crippen molar-refractivity contribution < 1.29 is 9.66 Å². The Bertz CT molecular complexity index is 1150. The molecule has 0 unspecified atom stereocenters. The average Bonchev–Trinajstić information content (AvgIpc) is 3.15. The van der Waals surface area contributed by atoms with Crippen LogP contribution in [0.1, 0.15) is 16.8 Å². The van der Waals surface area contributed by atoms with Crippen LogP contribution in [0.15, 0.2) is 72.8 Å². The van der Waals surface area contributed by atoms with Gasteiger partial charge in [-0.2, -0.15) is 5.10 Å². The number of fused-ring (bicyclic) bond motifs is 1. The van der Waals surface area contributed by atoms with Crippen LogP contribution in [0, 0.1) is 10.1 Å². The van der Waals surface area contributed by atoms with E-state index in [2.05, 4.69) is 10.2 Å². The number of hydrogen-bond donors (Lipinski definition) is 1. The smallest absolute Gasteiger partial charge is 0.269 e. The Labute approximate surface area is 161 Å². The number of nitro groups is 1. The molecule has 4 rings (SSSR count). The first kappa shape index (κ1) is 17.5. The molecule has 138 valence electrons. The van der Waals surface area contributed by atoms with Crippen molar-refractivity contribution in [1.82, 2.24) is 10.2 Å². The number of nitrogens with one attached hydrogen (secondary N) is 1. The van der Waals surface area contributed by atoms with Gasteiger partial charge in [-0.15, -0.1) is 0 Å². The summed E-state index contributed by atoms with van der Waals surface area (Å²) in [5.41, 5.74) is 3.71. The van der Waals surface area contributed by atoms with Gasteiger partial charge in [-0.1, -0.05) is 36.4 Å². The summed E-state index contributed by atoms with van der Waals surface area (Å²) in [5, 5.41) is 19.2. The van der Waals surface area contributed by atoms with Crippen LogP contribution in [0.25, 0.3) is 23.1 Å². The molecule has 28 heavy (non-hydrogen) atoms. The highest BCUT2D eigenvalue weighted by molar-refractivity contribution is 5.89. The summed E-state index contributed by atoms with van der Waals surface area (Å²) in [6, 6.07) is 22.0. The molecule has 0 bridgehead atoms. The third-order valence-corrected chi connectivity index (χ3v) is 4.38. The van der Waals surface area contributed by atoms with Crippen LogP contribution >= 0.6 is 0 Å². The highest BCUT2D eigenvalue weighted by Gasteiger charge is 2.06. The molecule has 4 aromatic rings. The van der Waals surface area contributed by atoms with E-state index in [0.29, 0.717) is 6.61 Å². The summed E-state index contributed by atoms with van der Waals surface area (Å²) in [6.45, 7) is 0.328. The summed E-state index contributed by atoms with van der Waals surface area (Å²) in [5.74, 6) is 0.733. The van der Waals surface area contributed by atoms with Crippen molar-refractivity contribution in [2.24, 2.45) is 0 Å².